The highest BCUT2D eigenvalue weighted by molar-refractivity contribution is 5.72. The van der Waals surface area contributed by atoms with Gasteiger partial charge >= 0.3 is 0 Å². The summed E-state index contributed by atoms with van der Waals surface area (Å²) in [7, 11) is 0. The van der Waals surface area contributed by atoms with Crippen molar-refractivity contribution in [3.05, 3.63) is 36.0 Å². The Bertz CT molecular complexity index is 565. The molecule has 1 heterocycles. The molecule has 1 aromatic heterocycles. The summed E-state index contributed by atoms with van der Waals surface area (Å²) >= 11 is 0. The summed E-state index contributed by atoms with van der Waals surface area (Å²) in [5, 5.41) is 15.2. The van der Waals surface area contributed by atoms with Gasteiger partial charge in [-0.15, -0.1) is 0 Å². The molecule has 0 aliphatic carbocycles. The Morgan fingerprint density at radius 2 is 1.80 bits per heavy atom. The highest BCUT2D eigenvalue weighted by Crippen LogP contribution is 2.38. The summed E-state index contributed by atoms with van der Waals surface area (Å²) in [5.41, 5.74) is 2.75. The predicted molar refractivity (Wildman–Crippen MR) is 82.9 cm³/mol. The van der Waals surface area contributed by atoms with Gasteiger partial charge in [0.25, 0.3) is 0 Å². The number of aromatic hydroxyl groups is 1. The van der Waals surface area contributed by atoms with Gasteiger partial charge < -0.3 is 5.11 Å². The third-order valence-corrected chi connectivity index (χ3v) is 3.42. The molecule has 0 aliphatic heterocycles. The number of rotatable bonds is 4. The highest BCUT2D eigenvalue weighted by atomic mass is 16.3. The Morgan fingerprint density at radius 1 is 1.15 bits per heavy atom. The summed E-state index contributed by atoms with van der Waals surface area (Å²) < 4.78 is 1.74. The van der Waals surface area contributed by atoms with E-state index in [1.165, 1.54) is 0 Å². The second kappa shape index (κ2) is 5.70. The van der Waals surface area contributed by atoms with Crippen LogP contribution in [0.25, 0.3) is 11.1 Å². The Hall–Kier alpha value is -1.77. The molecule has 2 rings (SSSR count). The molecule has 0 spiro atoms. The lowest BCUT2D eigenvalue weighted by Gasteiger charge is -2.17. The topological polar surface area (TPSA) is 38.0 Å². The fourth-order valence-electron chi connectivity index (χ4n) is 2.31. The van der Waals surface area contributed by atoms with E-state index in [1.54, 1.807) is 4.68 Å². The van der Waals surface area contributed by atoms with Crippen molar-refractivity contribution in [3.8, 4) is 17.0 Å². The number of benzene rings is 1. The van der Waals surface area contributed by atoms with E-state index in [0.717, 1.165) is 36.2 Å². The molecule has 1 N–H and O–H groups in total. The fraction of sp³-hybridized carbons (Fsp3) is 0.471. The van der Waals surface area contributed by atoms with E-state index in [-0.39, 0.29) is 11.3 Å². The van der Waals surface area contributed by atoms with Gasteiger partial charge in [0.15, 0.2) is 0 Å². The minimum atomic E-state index is -0.0971. The molecule has 20 heavy (non-hydrogen) atoms. The number of aryl methyl sites for hydroxylation is 1. The molecule has 2 aromatic rings. The van der Waals surface area contributed by atoms with Crippen molar-refractivity contribution in [2.24, 2.45) is 0 Å². The zero-order valence-corrected chi connectivity index (χ0v) is 12.8. The van der Waals surface area contributed by atoms with Gasteiger partial charge in [-0.05, 0) is 12.0 Å². The summed E-state index contributed by atoms with van der Waals surface area (Å²) in [6, 6.07) is 10.0. The van der Waals surface area contributed by atoms with Crippen molar-refractivity contribution in [1.29, 1.82) is 0 Å². The van der Waals surface area contributed by atoms with Crippen LogP contribution in [0.5, 0.6) is 5.88 Å². The van der Waals surface area contributed by atoms with E-state index in [9.17, 15) is 5.11 Å². The van der Waals surface area contributed by atoms with Crippen LogP contribution < -0.4 is 0 Å². The average Bonchev–Trinajstić information content (AvgIpc) is 2.74. The molecule has 0 fully saturated rings. The number of hydrogen-bond donors (Lipinski definition) is 1. The zero-order valence-electron chi connectivity index (χ0n) is 12.8. The number of aromatic nitrogens is 2. The normalized spacial score (nSPS) is 11.8. The van der Waals surface area contributed by atoms with Gasteiger partial charge in [0, 0.05) is 12.0 Å². The van der Waals surface area contributed by atoms with Gasteiger partial charge in [-0.25, -0.2) is 4.68 Å². The van der Waals surface area contributed by atoms with Crippen molar-refractivity contribution in [2.75, 3.05) is 0 Å². The molecule has 0 unspecified atom stereocenters. The minimum absolute atomic E-state index is 0.0971. The van der Waals surface area contributed by atoms with Gasteiger partial charge in [0.2, 0.25) is 5.88 Å². The smallest absolute Gasteiger partial charge is 0.217 e. The van der Waals surface area contributed by atoms with E-state index in [0.29, 0.717) is 0 Å². The molecule has 3 nitrogen and oxygen atoms in total. The average molecular weight is 272 g/mol. The highest BCUT2D eigenvalue weighted by Gasteiger charge is 2.27. The van der Waals surface area contributed by atoms with Crippen LogP contribution in [-0.2, 0) is 12.0 Å². The summed E-state index contributed by atoms with van der Waals surface area (Å²) in [6.07, 6.45) is 2.11. The van der Waals surface area contributed by atoms with E-state index in [2.05, 4.69) is 32.8 Å². The summed E-state index contributed by atoms with van der Waals surface area (Å²) in [4.78, 5) is 0. The molecular weight excluding hydrogens is 248 g/mol. The predicted octanol–water partition coefficient (Wildman–Crippen LogP) is 4.35. The van der Waals surface area contributed by atoms with Crippen LogP contribution in [0.1, 0.15) is 46.2 Å². The molecule has 0 radical (unpaired) electrons. The third-order valence-electron chi connectivity index (χ3n) is 3.42. The first kappa shape index (κ1) is 14.6. The van der Waals surface area contributed by atoms with Crippen LogP contribution in [-0.4, -0.2) is 14.9 Å². The largest absolute Gasteiger partial charge is 0.493 e. The minimum Gasteiger partial charge on any atom is -0.493 e. The fourth-order valence-corrected chi connectivity index (χ4v) is 2.31. The van der Waals surface area contributed by atoms with Crippen molar-refractivity contribution in [1.82, 2.24) is 9.78 Å². The van der Waals surface area contributed by atoms with Gasteiger partial charge in [-0.2, -0.15) is 5.10 Å². The molecular formula is C17H24N2O. The van der Waals surface area contributed by atoms with Gasteiger partial charge in [-0.3, -0.25) is 0 Å². The molecule has 0 saturated carbocycles. The maximum atomic E-state index is 10.6. The van der Waals surface area contributed by atoms with Gasteiger partial charge in [0.05, 0.1) is 11.3 Å². The first-order valence-electron chi connectivity index (χ1n) is 7.30. The molecule has 0 aliphatic rings. The first-order valence-corrected chi connectivity index (χ1v) is 7.30. The van der Waals surface area contributed by atoms with Gasteiger partial charge in [-0.1, -0.05) is 64.4 Å². The Kier molecular flexibility index (Phi) is 4.17. The van der Waals surface area contributed by atoms with Gasteiger partial charge in [0.1, 0.15) is 0 Å². The lowest BCUT2D eigenvalue weighted by Crippen LogP contribution is -2.14. The third kappa shape index (κ3) is 2.87. The molecule has 3 heteroatoms. The van der Waals surface area contributed by atoms with Crippen LogP contribution in [0.3, 0.4) is 0 Å². The number of nitrogens with zero attached hydrogens (tertiary/aromatic N) is 2. The van der Waals surface area contributed by atoms with Crippen molar-refractivity contribution >= 4 is 0 Å². The maximum absolute atomic E-state index is 10.6. The monoisotopic (exact) mass is 272 g/mol. The Balaban J connectivity index is 2.56. The summed E-state index contributed by atoms with van der Waals surface area (Å²) in [5.74, 6) is 0.287. The van der Waals surface area contributed by atoms with Crippen LogP contribution in [0.2, 0.25) is 0 Å². The SMILES string of the molecule is CCCCn1nc(C(C)(C)C)c(-c2ccccc2)c1O. The molecule has 108 valence electrons. The quantitative estimate of drug-likeness (QED) is 0.898. The summed E-state index contributed by atoms with van der Waals surface area (Å²) in [6.45, 7) is 9.30. The lowest BCUT2D eigenvalue weighted by molar-refractivity contribution is 0.393. The van der Waals surface area contributed by atoms with E-state index < -0.39 is 0 Å². The Morgan fingerprint density at radius 3 is 2.35 bits per heavy atom. The molecule has 1 aromatic carbocycles. The lowest BCUT2D eigenvalue weighted by atomic mass is 9.87. The standard InChI is InChI=1S/C17H24N2O/c1-5-6-12-19-16(20)14(13-10-8-7-9-11-13)15(18-19)17(2,3)4/h7-11,20H,5-6,12H2,1-4H3. The zero-order chi connectivity index (χ0) is 14.8. The van der Waals surface area contributed by atoms with Crippen LogP contribution >= 0.6 is 0 Å². The van der Waals surface area contributed by atoms with Crippen molar-refractivity contribution in [2.45, 2.75) is 52.5 Å². The maximum Gasteiger partial charge on any atom is 0.217 e. The van der Waals surface area contributed by atoms with Crippen molar-refractivity contribution in [3.63, 3.8) is 0 Å². The molecule has 0 bridgehead atoms. The second-order valence-corrected chi connectivity index (χ2v) is 6.24. The van der Waals surface area contributed by atoms with E-state index in [4.69, 9.17) is 0 Å². The molecule has 0 amide bonds. The van der Waals surface area contributed by atoms with Crippen molar-refractivity contribution < 1.29 is 5.11 Å². The van der Waals surface area contributed by atoms with Crippen LogP contribution in [0, 0.1) is 0 Å². The number of hydrogen-bond acceptors (Lipinski definition) is 2. The molecule has 0 atom stereocenters. The number of unbranched alkanes of at least 4 members (excludes halogenated alkanes) is 1. The molecule has 0 saturated heterocycles. The second-order valence-electron chi connectivity index (χ2n) is 6.24. The Labute approximate surface area is 121 Å². The van der Waals surface area contributed by atoms with E-state index >= 15 is 0 Å². The van der Waals surface area contributed by atoms with Crippen LogP contribution in [0.4, 0.5) is 0 Å². The first-order chi connectivity index (χ1) is 9.45. The van der Waals surface area contributed by atoms with Crippen LogP contribution in [0.15, 0.2) is 30.3 Å². The van der Waals surface area contributed by atoms with E-state index in [1.807, 2.05) is 30.3 Å².